The van der Waals surface area contributed by atoms with E-state index in [0.29, 0.717) is 12.1 Å². The van der Waals surface area contributed by atoms with Crippen LogP contribution in [0.15, 0.2) is 54.7 Å². The zero-order valence-electron chi connectivity index (χ0n) is 13.2. The summed E-state index contributed by atoms with van der Waals surface area (Å²) in [4.78, 5) is 17.3. The first-order chi connectivity index (χ1) is 11.7. The largest absolute Gasteiger partial charge is 0.395 e. The second kappa shape index (κ2) is 7.27. The summed E-state index contributed by atoms with van der Waals surface area (Å²) >= 11 is 0. The van der Waals surface area contributed by atoms with Gasteiger partial charge in [0.25, 0.3) is 0 Å². The van der Waals surface area contributed by atoms with Crippen molar-refractivity contribution >= 4 is 16.8 Å². The van der Waals surface area contributed by atoms with Crippen LogP contribution in [0.5, 0.6) is 0 Å². The summed E-state index contributed by atoms with van der Waals surface area (Å²) in [6.07, 6.45) is 1.94. The number of hydrogen-bond donors (Lipinski definition) is 2. The van der Waals surface area contributed by atoms with Crippen molar-refractivity contribution in [3.05, 3.63) is 71.7 Å². The molecule has 1 amide bonds. The Balaban J connectivity index is 1.77. The van der Waals surface area contributed by atoms with Crippen molar-refractivity contribution in [2.45, 2.75) is 13.0 Å². The Hall–Kier alpha value is -2.66. The van der Waals surface area contributed by atoms with E-state index in [-0.39, 0.29) is 31.3 Å². The van der Waals surface area contributed by atoms with Crippen LogP contribution in [-0.4, -0.2) is 34.0 Å². The number of halogens is 1. The van der Waals surface area contributed by atoms with E-state index in [4.69, 9.17) is 0 Å². The van der Waals surface area contributed by atoms with Crippen molar-refractivity contribution in [2.24, 2.45) is 0 Å². The van der Waals surface area contributed by atoms with Gasteiger partial charge in [-0.25, -0.2) is 4.39 Å². The zero-order chi connectivity index (χ0) is 16.9. The Bertz CT molecular complexity index is 830. The lowest BCUT2D eigenvalue weighted by Crippen LogP contribution is -2.34. The summed E-state index contributed by atoms with van der Waals surface area (Å²) in [5.74, 6) is -0.383. The highest BCUT2D eigenvalue weighted by molar-refractivity contribution is 5.89. The minimum atomic E-state index is -0.312. The van der Waals surface area contributed by atoms with Crippen LogP contribution in [0.3, 0.4) is 0 Å². The van der Waals surface area contributed by atoms with Crippen LogP contribution in [0.1, 0.15) is 11.1 Å². The number of rotatable bonds is 6. The number of aliphatic hydroxyl groups is 1. The fourth-order valence-electron chi connectivity index (χ4n) is 2.80. The first kappa shape index (κ1) is 16.2. The quantitative estimate of drug-likeness (QED) is 0.732. The third kappa shape index (κ3) is 3.63. The topological polar surface area (TPSA) is 56.3 Å². The SMILES string of the molecule is O=C(Cc1c[nH]c2cc(F)ccc12)N(CCO)Cc1ccccc1. The van der Waals surface area contributed by atoms with Crippen LogP contribution in [-0.2, 0) is 17.8 Å². The highest BCUT2D eigenvalue weighted by Crippen LogP contribution is 2.20. The van der Waals surface area contributed by atoms with E-state index in [0.717, 1.165) is 16.5 Å². The molecular weight excluding hydrogens is 307 g/mol. The molecule has 1 heterocycles. The van der Waals surface area contributed by atoms with Crippen molar-refractivity contribution in [1.82, 2.24) is 9.88 Å². The van der Waals surface area contributed by atoms with Gasteiger partial charge in [0.15, 0.2) is 0 Å². The van der Waals surface area contributed by atoms with E-state index in [1.54, 1.807) is 17.2 Å². The average molecular weight is 326 g/mol. The number of benzene rings is 2. The number of aromatic nitrogens is 1. The molecule has 4 nitrogen and oxygen atoms in total. The third-order valence-electron chi connectivity index (χ3n) is 4.01. The molecule has 0 spiro atoms. The fourth-order valence-corrected chi connectivity index (χ4v) is 2.80. The van der Waals surface area contributed by atoms with Gasteiger partial charge in [0.1, 0.15) is 5.82 Å². The van der Waals surface area contributed by atoms with Gasteiger partial charge in [-0.3, -0.25) is 4.79 Å². The lowest BCUT2D eigenvalue weighted by atomic mass is 10.1. The summed E-state index contributed by atoms with van der Waals surface area (Å²) in [6, 6.07) is 14.1. The molecule has 0 aliphatic rings. The van der Waals surface area contributed by atoms with E-state index in [9.17, 15) is 14.3 Å². The van der Waals surface area contributed by atoms with Crippen LogP contribution < -0.4 is 0 Å². The van der Waals surface area contributed by atoms with Crippen LogP contribution in [0.2, 0.25) is 0 Å². The monoisotopic (exact) mass is 326 g/mol. The minimum absolute atomic E-state index is 0.0712. The summed E-state index contributed by atoms with van der Waals surface area (Å²) in [5, 5.41) is 10.1. The Labute approximate surface area is 139 Å². The van der Waals surface area contributed by atoms with Gasteiger partial charge < -0.3 is 15.0 Å². The van der Waals surface area contributed by atoms with Gasteiger partial charge in [0.2, 0.25) is 5.91 Å². The number of H-pyrrole nitrogens is 1. The van der Waals surface area contributed by atoms with Crippen molar-refractivity contribution in [1.29, 1.82) is 0 Å². The lowest BCUT2D eigenvalue weighted by molar-refractivity contribution is -0.131. The summed E-state index contributed by atoms with van der Waals surface area (Å²) in [6.45, 7) is 0.652. The molecule has 0 unspecified atom stereocenters. The molecule has 0 aliphatic heterocycles. The zero-order valence-corrected chi connectivity index (χ0v) is 13.2. The molecule has 0 fully saturated rings. The molecule has 5 heteroatoms. The Morgan fingerprint density at radius 3 is 2.71 bits per heavy atom. The molecule has 0 aliphatic carbocycles. The van der Waals surface area contributed by atoms with E-state index >= 15 is 0 Å². The van der Waals surface area contributed by atoms with Crippen molar-refractivity contribution in [3.8, 4) is 0 Å². The fraction of sp³-hybridized carbons (Fsp3) is 0.211. The molecule has 1 aromatic heterocycles. The molecular formula is C19H19FN2O2. The maximum atomic E-state index is 13.3. The number of nitrogens with zero attached hydrogens (tertiary/aromatic N) is 1. The number of carbonyl (C=O) groups is 1. The van der Waals surface area contributed by atoms with Gasteiger partial charge in [0.05, 0.1) is 13.0 Å². The maximum Gasteiger partial charge on any atom is 0.227 e. The van der Waals surface area contributed by atoms with E-state index in [2.05, 4.69) is 4.98 Å². The maximum absolute atomic E-state index is 13.3. The van der Waals surface area contributed by atoms with Crippen molar-refractivity contribution < 1.29 is 14.3 Å². The van der Waals surface area contributed by atoms with Crippen LogP contribution >= 0.6 is 0 Å². The first-order valence-corrected chi connectivity index (χ1v) is 7.85. The average Bonchev–Trinajstić information content (AvgIpc) is 2.97. The second-order valence-electron chi connectivity index (χ2n) is 5.71. The first-order valence-electron chi connectivity index (χ1n) is 7.85. The lowest BCUT2D eigenvalue weighted by Gasteiger charge is -2.22. The third-order valence-corrected chi connectivity index (χ3v) is 4.01. The molecule has 0 saturated carbocycles. The van der Waals surface area contributed by atoms with E-state index < -0.39 is 0 Å². The van der Waals surface area contributed by atoms with E-state index in [1.165, 1.54) is 12.1 Å². The Kier molecular flexibility index (Phi) is 4.91. The highest BCUT2D eigenvalue weighted by atomic mass is 19.1. The minimum Gasteiger partial charge on any atom is -0.395 e. The van der Waals surface area contributed by atoms with Gasteiger partial charge in [-0.2, -0.15) is 0 Å². The number of aromatic amines is 1. The number of aliphatic hydroxyl groups excluding tert-OH is 1. The molecule has 124 valence electrons. The number of amides is 1. The van der Waals surface area contributed by atoms with Gasteiger partial charge >= 0.3 is 0 Å². The number of carbonyl (C=O) groups excluding carboxylic acids is 1. The predicted octanol–water partition coefficient (Wildman–Crippen LogP) is 2.87. The summed E-state index contributed by atoms with van der Waals surface area (Å²) in [5.41, 5.74) is 2.51. The molecule has 0 atom stereocenters. The number of fused-ring (bicyclic) bond motifs is 1. The summed E-state index contributed by atoms with van der Waals surface area (Å²) < 4.78 is 13.3. The summed E-state index contributed by atoms with van der Waals surface area (Å²) in [7, 11) is 0. The van der Waals surface area contributed by atoms with Gasteiger partial charge in [-0.1, -0.05) is 30.3 Å². The van der Waals surface area contributed by atoms with Crippen molar-refractivity contribution in [2.75, 3.05) is 13.2 Å². The molecule has 0 saturated heterocycles. The highest BCUT2D eigenvalue weighted by Gasteiger charge is 2.16. The van der Waals surface area contributed by atoms with Crippen LogP contribution in [0, 0.1) is 5.82 Å². The van der Waals surface area contributed by atoms with Crippen molar-refractivity contribution in [3.63, 3.8) is 0 Å². The predicted molar refractivity (Wildman–Crippen MR) is 90.9 cm³/mol. The normalized spacial score (nSPS) is 10.9. The molecule has 0 radical (unpaired) electrons. The Morgan fingerprint density at radius 2 is 1.96 bits per heavy atom. The molecule has 3 aromatic rings. The van der Waals surface area contributed by atoms with Gasteiger partial charge in [0, 0.05) is 30.2 Å². The van der Waals surface area contributed by atoms with Crippen LogP contribution in [0.25, 0.3) is 10.9 Å². The molecule has 2 N–H and O–H groups in total. The molecule has 3 rings (SSSR count). The standard InChI is InChI=1S/C19H19FN2O2/c20-16-6-7-17-15(12-21-18(17)11-16)10-19(24)22(8-9-23)13-14-4-2-1-3-5-14/h1-7,11-12,21,23H,8-10,13H2. The smallest absolute Gasteiger partial charge is 0.227 e. The van der Waals surface area contributed by atoms with E-state index in [1.807, 2.05) is 30.3 Å². The molecule has 24 heavy (non-hydrogen) atoms. The molecule has 2 aromatic carbocycles. The number of hydrogen-bond acceptors (Lipinski definition) is 2. The number of nitrogens with one attached hydrogen (secondary N) is 1. The van der Waals surface area contributed by atoms with Gasteiger partial charge in [-0.05, 0) is 29.3 Å². The van der Waals surface area contributed by atoms with Gasteiger partial charge in [-0.15, -0.1) is 0 Å². The second-order valence-corrected chi connectivity index (χ2v) is 5.71. The molecule has 0 bridgehead atoms. The Morgan fingerprint density at radius 1 is 1.17 bits per heavy atom. The van der Waals surface area contributed by atoms with Crippen LogP contribution in [0.4, 0.5) is 4.39 Å².